The van der Waals surface area contributed by atoms with Crippen molar-refractivity contribution in [1.82, 2.24) is 0 Å². The van der Waals surface area contributed by atoms with Gasteiger partial charge in [0.2, 0.25) is 0 Å². The zero-order chi connectivity index (χ0) is 42.9. The maximum Gasteiger partial charge on any atom is 0.420 e. The molecule has 0 aliphatic carbocycles. The lowest BCUT2D eigenvalue weighted by atomic mass is 10.0. The molecular formula is C40H38F8O10. The first-order valence-electron chi connectivity index (χ1n) is 17.6. The van der Waals surface area contributed by atoms with Crippen LogP contribution in [-0.4, -0.2) is 50.3 Å². The van der Waals surface area contributed by atoms with E-state index in [2.05, 4.69) is 22.6 Å². The van der Waals surface area contributed by atoms with Crippen LogP contribution in [0, 0.1) is 11.6 Å². The zero-order valence-electron chi connectivity index (χ0n) is 30.8. The third-order valence-electron chi connectivity index (χ3n) is 7.86. The Balaban J connectivity index is 1.68. The van der Waals surface area contributed by atoms with E-state index in [1.165, 1.54) is 0 Å². The summed E-state index contributed by atoms with van der Waals surface area (Å²) in [5, 5.41) is 0. The molecule has 3 aromatic rings. The first kappa shape index (κ1) is 46.4. The molecule has 0 unspecified atom stereocenters. The van der Waals surface area contributed by atoms with Gasteiger partial charge >= 0.3 is 36.2 Å². The van der Waals surface area contributed by atoms with E-state index in [4.69, 9.17) is 18.9 Å². The van der Waals surface area contributed by atoms with Gasteiger partial charge < -0.3 is 28.4 Å². The van der Waals surface area contributed by atoms with E-state index in [0.717, 1.165) is 48.6 Å². The summed E-state index contributed by atoms with van der Waals surface area (Å²) in [6, 6.07) is 5.78. The molecule has 0 bridgehead atoms. The van der Waals surface area contributed by atoms with Crippen molar-refractivity contribution in [3.63, 3.8) is 0 Å². The average molecular weight is 831 g/mol. The van der Waals surface area contributed by atoms with Crippen molar-refractivity contribution in [2.75, 3.05) is 26.4 Å². The molecule has 0 saturated heterocycles. The molecule has 0 spiro atoms. The topological polar surface area (TPSA) is 124 Å². The maximum absolute atomic E-state index is 14.9. The highest BCUT2D eigenvalue weighted by atomic mass is 19.4. The van der Waals surface area contributed by atoms with Crippen molar-refractivity contribution in [3.8, 4) is 23.0 Å². The van der Waals surface area contributed by atoms with Gasteiger partial charge in [0.15, 0.2) is 0 Å². The number of benzene rings is 3. The number of hydrogen-bond acceptors (Lipinski definition) is 10. The Morgan fingerprint density at radius 3 is 1.17 bits per heavy atom. The number of ether oxygens (including phenoxy) is 6. The molecule has 0 aromatic heterocycles. The minimum Gasteiger partial charge on any atom is -0.493 e. The van der Waals surface area contributed by atoms with Crippen LogP contribution in [0.1, 0.15) is 83.2 Å². The molecule has 0 aliphatic heterocycles. The fourth-order valence-corrected chi connectivity index (χ4v) is 5.07. The highest BCUT2D eigenvalue weighted by Gasteiger charge is 2.49. The van der Waals surface area contributed by atoms with Crippen LogP contribution >= 0.6 is 0 Å². The van der Waals surface area contributed by atoms with Gasteiger partial charge in [0, 0.05) is 24.3 Å². The van der Waals surface area contributed by atoms with Crippen LogP contribution in [0.15, 0.2) is 73.8 Å². The number of carbonyl (C=O) groups excluding carboxylic acids is 4. The molecule has 10 nitrogen and oxygen atoms in total. The minimum absolute atomic E-state index is 0.0666. The van der Waals surface area contributed by atoms with E-state index in [9.17, 15) is 54.3 Å². The van der Waals surface area contributed by atoms with Crippen LogP contribution in [0.2, 0.25) is 0 Å². The lowest BCUT2D eigenvalue weighted by Gasteiger charge is -2.21. The molecule has 314 valence electrons. The van der Waals surface area contributed by atoms with Crippen LogP contribution in [-0.2, 0) is 31.4 Å². The van der Waals surface area contributed by atoms with Gasteiger partial charge in [-0.2, -0.15) is 26.3 Å². The van der Waals surface area contributed by atoms with Gasteiger partial charge in [0.05, 0.1) is 37.6 Å². The summed E-state index contributed by atoms with van der Waals surface area (Å²) in [5.74, 6) is -10.8. The number of esters is 4. The summed E-state index contributed by atoms with van der Waals surface area (Å²) in [4.78, 5) is 47.6. The van der Waals surface area contributed by atoms with Crippen molar-refractivity contribution in [3.05, 3.63) is 108 Å². The van der Waals surface area contributed by atoms with Crippen molar-refractivity contribution >= 4 is 23.9 Å². The molecule has 0 saturated carbocycles. The van der Waals surface area contributed by atoms with Gasteiger partial charge in [-0.15, -0.1) is 0 Å². The minimum atomic E-state index is -5.88. The summed E-state index contributed by atoms with van der Waals surface area (Å²) in [6.45, 7) is 7.17. The molecule has 0 heterocycles. The summed E-state index contributed by atoms with van der Waals surface area (Å²) >= 11 is 0. The number of rotatable bonds is 22. The second-order valence-corrected chi connectivity index (χ2v) is 12.1. The molecule has 18 heteroatoms. The lowest BCUT2D eigenvalue weighted by molar-refractivity contribution is -0.163. The van der Waals surface area contributed by atoms with E-state index < -0.39 is 81.6 Å². The second-order valence-electron chi connectivity index (χ2n) is 12.1. The standard InChI is InChI=1S/C40H38F8O10/c1-3-33(49)55-21-11-7-5-9-19-53-25-13-15-27(29(41)23-25)37(51)57-31-17-18-32(36(40(46,47)48)35(31)39(43,44)45)58-38(52)28-16-14-26(24-30(28)42)54-20-10-6-8-12-22-56-34(50)4-2/h3-4,13-18,23-24H,1-2,5-12,19-22H2. The molecule has 0 atom stereocenters. The summed E-state index contributed by atoms with van der Waals surface area (Å²) in [6.07, 6.45) is -4.85. The molecule has 0 fully saturated rings. The zero-order valence-corrected chi connectivity index (χ0v) is 30.8. The maximum atomic E-state index is 14.9. The SMILES string of the molecule is C=CC(=O)OCCCCCCOc1ccc(C(=O)Oc2ccc(OC(=O)c3ccc(OCCCCCCOC(=O)C=C)cc3F)c(C(F)(F)F)c2C(F)(F)F)c(F)c1. The summed E-state index contributed by atoms with van der Waals surface area (Å²) in [5.41, 5.74) is -7.02. The number of unbranched alkanes of at least 4 members (excludes halogenated alkanes) is 6. The molecular weight excluding hydrogens is 792 g/mol. The third-order valence-corrected chi connectivity index (χ3v) is 7.86. The van der Waals surface area contributed by atoms with E-state index >= 15 is 0 Å². The smallest absolute Gasteiger partial charge is 0.420 e. The fraction of sp³-hybridized carbons (Fsp3) is 0.350. The highest BCUT2D eigenvalue weighted by Crippen LogP contribution is 2.49. The Labute approximate surface area is 327 Å². The van der Waals surface area contributed by atoms with Gasteiger partial charge in [-0.3, -0.25) is 0 Å². The summed E-state index contributed by atoms with van der Waals surface area (Å²) in [7, 11) is 0. The number of alkyl halides is 6. The van der Waals surface area contributed by atoms with Crippen molar-refractivity contribution in [2.45, 2.75) is 63.7 Å². The van der Waals surface area contributed by atoms with Crippen LogP contribution < -0.4 is 18.9 Å². The van der Waals surface area contributed by atoms with Gasteiger partial charge in [0.1, 0.15) is 45.8 Å². The Hall–Kier alpha value is -5.94. The van der Waals surface area contributed by atoms with Crippen LogP contribution in [0.25, 0.3) is 0 Å². The Morgan fingerprint density at radius 2 is 0.862 bits per heavy atom. The van der Waals surface area contributed by atoms with Crippen molar-refractivity contribution in [1.29, 1.82) is 0 Å². The number of halogens is 8. The van der Waals surface area contributed by atoms with Crippen LogP contribution in [0.3, 0.4) is 0 Å². The van der Waals surface area contributed by atoms with Crippen molar-refractivity contribution < 1.29 is 82.7 Å². The number of hydrogen-bond donors (Lipinski definition) is 0. The lowest BCUT2D eigenvalue weighted by Crippen LogP contribution is -2.23. The molecule has 3 aromatic carbocycles. The molecule has 58 heavy (non-hydrogen) atoms. The molecule has 0 amide bonds. The van der Waals surface area contributed by atoms with Crippen LogP contribution in [0.4, 0.5) is 35.1 Å². The predicted molar refractivity (Wildman–Crippen MR) is 189 cm³/mol. The van der Waals surface area contributed by atoms with Gasteiger partial charge in [-0.05, 0) is 87.8 Å². The van der Waals surface area contributed by atoms with Gasteiger partial charge in [-0.25, -0.2) is 28.0 Å². The van der Waals surface area contributed by atoms with E-state index in [-0.39, 0.29) is 50.1 Å². The molecule has 0 aliphatic rings. The number of carbonyl (C=O) groups is 4. The average Bonchev–Trinajstić information content (AvgIpc) is 3.16. The monoisotopic (exact) mass is 830 g/mol. The summed E-state index contributed by atoms with van der Waals surface area (Å²) < 4.78 is 145. The fourth-order valence-electron chi connectivity index (χ4n) is 5.07. The highest BCUT2D eigenvalue weighted by molar-refractivity contribution is 5.93. The first-order chi connectivity index (χ1) is 27.5. The quantitative estimate of drug-likeness (QED) is 0.0318. The van der Waals surface area contributed by atoms with E-state index in [1.807, 2.05) is 0 Å². The van der Waals surface area contributed by atoms with Gasteiger partial charge in [0.25, 0.3) is 0 Å². The Kier molecular flexibility index (Phi) is 17.7. The Morgan fingerprint density at radius 1 is 0.517 bits per heavy atom. The van der Waals surface area contributed by atoms with E-state index in [0.29, 0.717) is 51.4 Å². The van der Waals surface area contributed by atoms with Crippen LogP contribution in [0.5, 0.6) is 23.0 Å². The third kappa shape index (κ3) is 14.5. The van der Waals surface area contributed by atoms with Gasteiger partial charge in [-0.1, -0.05) is 13.2 Å². The molecule has 3 rings (SSSR count). The predicted octanol–water partition coefficient (Wildman–Crippen LogP) is 9.78. The normalized spacial score (nSPS) is 11.3. The second kappa shape index (κ2) is 22.1. The van der Waals surface area contributed by atoms with E-state index in [1.54, 1.807) is 0 Å². The first-order valence-corrected chi connectivity index (χ1v) is 17.6. The Bertz CT molecular complexity index is 1790. The molecule has 0 radical (unpaired) electrons. The largest absolute Gasteiger partial charge is 0.493 e. The molecule has 0 N–H and O–H groups in total. The van der Waals surface area contributed by atoms with Crippen molar-refractivity contribution in [2.24, 2.45) is 0 Å².